The number of methoxy groups -OCH3 is 1. The van der Waals surface area contributed by atoms with E-state index in [-0.39, 0.29) is 23.9 Å². The molecule has 0 saturated carbocycles. The van der Waals surface area contributed by atoms with E-state index in [9.17, 15) is 24.9 Å². The van der Waals surface area contributed by atoms with Crippen molar-refractivity contribution in [3.8, 4) is 23.0 Å². The van der Waals surface area contributed by atoms with E-state index < -0.39 is 17.4 Å². The Morgan fingerprint density at radius 3 is 2.21 bits per heavy atom. The Bertz CT molecular complexity index is 1350. The molecule has 0 amide bonds. The number of allylic oxidation sites excluding steroid dienone is 1. The summed E-state index contributed by atoms with van der Waals surface area (Å²) < 4.78 is 10.1. The lowest BCUT2D eigenvalue weighted by Crippen LogP contribution is -2.15. The fraction of sp³-hybridized carbons (Fsp3) is 0.161. The van der Waals surface area contributed by atoms with Crippen LogP contribution in [0, 0.1) is 0 Å². The number of hydrogen-bond acceptors (Lipinski definition) is 7. The van der Waals surface area contributed by atoms with Gasteiger partial charge in [0, 0.05) is 23.1 Å². The van der Waals surface area contributed by atoms with Gasteiger partial charge in [0.1, 0.15) is 6.61 Å². The maximum atomic E-state index is 11.6. The maximum absolute atomic E-state index is 11.6. The van der Waals surface area contributed by atoms with Crippen LogP contribution in [0.3, 0.4) is 0 Å². The Morgan fingerprint density at radius 2 is 1.59 bits per heavy atom. The fourth-order valence-electron chi connectivity index (χ4n) is 3.41. The van der Waals surface area contributed by atoms with E-state index in [1.807, 2.05) is 44.2 Å². The molecule has 39 heavy (non-hydrogen) atoms. The lowest BCUT2D eigenvalue weighted by Gasteiger charge is -2.24. The number of aliphatic carboxylic acids is 1. The second kappa shape index (κ2) is 14.1. The number of ether oxygens (including phenoxy) is 2. The molecule has 0 fully saturated rings. The number of esters is 1. The number of benzene rings is 3. The number of rotatable bonds is 9. The van der Waals surface area contributed by atoms with Gasteiger partial charge < -0.3 is 29.9 Å². The molecule has 0 heterocycles. The van der Waals surface area contributed by atoms with Gasteiger partial charge in [-0.2, -0.15) is 0 Å². The third-order valence-corrected chi connectivity index (χ3v) is 5.59. The van der Waals surface area contributed by atoms with E-state index in [1.54, 1.807) is 30.4 Å². The maximum Gasteiger partial charge on any atom is 0.331 e. The summed E-state index contributed by atoms with van der Waals surface area (Å²) in [5.41, 5.74) is 2.04. The number of carbonyl (C=O) groups excluding carboxylic acids is 1. The predicted octanol–water partition coefficient (Wildman–Crippen LogP) is 5.82. The average Bonchev–Trinajstić information content (AvgIpc) is 2.92. The first-order valence-electron chi connectivity index (χ1n) is 11.8. The summed E-state index contributed by atoms with van der Waals surface area (Å²) in [5.74, 6) is -1.59. The summed E-state index contributed by atoms with van der Waals surface area (Å²) in [6.07, 6.45) is 6.93. The van der Waals surface area contributed by atoms with E-state index in [2.05, 4.69) is 6.58 Å². The van der Waals surface area contributed by atoms with Crippen molar-refractivity contribution in [2.24, 2.45) is 0 Å². The summed E-state index contributed by atoms with van der Waals surface area (Å²) in [7, 11) is 1.47. The van der Waals surface area contributed by atoms with Crippen LogP contribution < -0.4 is 4.74 Å². The average molecular weight is 533 g/mol. The molecular weight excluding hydrogens is 500 g/mol. The summed E-state index contributed by atoms with van der Waals surface area (Å²) in [4.78, 5) is 22.2. The monoisotopic (exact) mass is 532 g/mol. The highest BCUT2D eigenvalue weighted by Crippen LogP contribution is 2.40. The number of carboxylic acid groups (broad SMARTS) is 1. The molecule has 4 N–H and O–H groups in total. The molecule has 3 aromatic carbocycles. The highest BCUT2D eigenvalue weighted by molar-refractivity contribution is 5.87. The third kappa shape index (κ3) is 9.12. The number of aromatic hydroxyl groups is 3. The standard InChI is InChI=1S/C17H16O4.C14H16O4/c1-20-16-11-13(7-9-15(16)18)8-10-17(19)21-12-14-5-3-2-4-6-14;1-4-14(2,3)12-9(6-8-11(16)17)5-7-10(15)13(12)18/h2-11,18H,12H2,1H3;4-8,15,18H,1H2,2-3H3,(H,16,17). The van der Waals surface area contributed by atoms with E-state index in [1.165, 1.54) is 31.4 Å². The number of phenols is 3. The zero-order valence-electron chi connectivity index (χ0n) is 22.0. The van der Waals surface area contributed by atoms with Crippen molar-refractivity contribution in [1.29, 1.82) is 0 Å². The largest absolute Gasteiger partial charge is 0.504 e. The first-order chi connectivity index (χ1) is 18.5. The van der Waals surface area contributed by atoms with Crippen LogP contribution in [0.2, 0.25) is 0 Å². The Balaban J connectivity index is 0.000000277. The zero-order valence-corrected chi connectivity index (χ0v) is 22.0. The van der Waals surface area contributed by atoms with E-state index in [4.69, 9.17) is 14.6 Å². The topological polar surface area (TPSA) is 134 Å². The molecule has 0 atom stereocenters. The van der Waals surface area contributed by atoms with Crippen molar-refractivity contribution in [2.75, 3.05) is 7.11 Å². The molecule has 0 unspecified atom stereocenters. The van der Waals surface area contributed by atoms with Crippen LogP contribution in [-0.2, 0) is 26.3 Å². The molecule has 0 aliphatic carbocycles. The lowest BCUT2D eigenvalue weighted by molar-refractivity contribution is -0.139. The van der Waals surface area contributed by atoms with Crippen molar-refractivity contribution in [3.05, 3.63) is 108 Å². The van der Waals surface area contributed by atoms with Crippen molar-refractivity contribution in [1.82, 2.24) is 0 Å². The molecule has 0 radical (unpaired) electrons. The van der Waals surface area contributed by atoms with Crippen molar-refractivity contribution < 1.29 is 39.5 Å². The first kappa shape index (κ1) is 30.2. The van der Waals surface area contributed by atoms with Gasteiger partial charge in [-0.25, -0.2) is 9.59 Å². The number of carboxylic acids is 1. The Morgan fingerprint density at radius 1 is 0.923 bits per heavy atom. The second-order valence-corrected chi connectivity index (χ2v) is 8.85. The SMILES string of the molecule is C=CC(C)(C)c1c(C=CC(=O)O)ccc(O)c1O.COc1cc(C=CC(=O)OCc2ccccc2)ccc1O. The Labute approximate surface area is 227 Å². The molecule has 3 aromatic rings. The number of hydrogen-bond donors (Lipinski definition) is 4. The molecule has 0 spiro atoms. The van der Waals surface area contributed by atoms with Crippen LogP contribution in [0.25, 0.3) is 12.2 Å². The van der Waals surface area contributed by atoms with Crippen molar-refractivity contribution >= 4 is 24.1 Å². The fourth-order valence-corrected chi connectivity index (χ4v) is 3.41. The summed E-state index contributed by atoms with van der Waals surface area (Å²) in [6.45, 7) is 7.55. The minimum atomic E-state index is -1.08. The quantitative estimate of drug-likeness (QED) is 0.117. The minimum Gasteiger partial charge on any atom is -0.504 e. The predicted molar refractivity (Wildman–Crippen MR) is 150 cm³/mol. The summed E-state index contributed by atoms with van der Waals surface area (Å²) in [6, 6.07) is 17.2. The van der Waals surface area contributed by atoms with Gasteiger partial charge in [0.2, 0.25) is 0 Å². The lowest BCUT2D eigenvalue weighted by atomic mass is 9.81. The molecule has 3 rings (SSSR count). The van der Waals surface area contributed by atoms with E-state index >= 15 is 0 Å². The summed E-state index contributed by atoms with van der Waals surface area (Å²) in [5, 5.41) is 37.6. The zero-order chi connectivity index (χ0) is 29.0. The molecule has 0 aliphatic heterocycles. The van der Waals surface area contributed by atoms with E-state index in [0.717, 1.165) is 17.2 Å². The first-order valence-corrected chi connectivity index (χ1v) is 11.8. The van der Waals surface area contributed by atoms with Gasteiger partial charge in [0.25, 0.3) is 0 Å². The Hall–Kier alpha value is -4.98. The Kier molecular flexibility index (Phi) is 10.9. The molecule has 8 nitrogen and oxygen atoms in total. The van der Waals surface area contributed by atoms with Gasteiger partial charge in [-0.15, -0.1) is 6.58 Å². The van der Waals surface area contributed by atoms with Gasteiger partial charge in [-0.05, 0) is 47.0 Å². The minimum absolute atomic E-state index is 0.0568. The smallest absolute Gasteiger partial charge is 0.331 e. The van der Waals surface area contributed by atoms with Gasteiger partial charge in [-0.1, -0.05) is 62.4 Å². The molecule has 204 valence electrons. The van der Waals surface area contributed by atoms with Crippen molar-refractivity contribution in [3.63, 3.8) is 0 Å². The second-order valence-electron chi connectivity index (χ2n) is 8.85. The molecule has 8 heteroatoms. The van der Waals surface area contributed by atoms with Crippen molar-refractivity contribution in [2.45, 2.75) is 25.9 Å². The van der Waals surface area contributed by atoms with Gasteiger partial charge in [-0.3, -0.25) is 0 Å². The van der Waals surface area contributed by atoms with Crippen LogP contribution in [0.1, 0.15) is 36.1 Å². The van der Waals surface area contributed by atoms with E-state index in [0.29, 0.717) is 16.9 Å². The van der Waals surface area contributed by atoms with Crippen LogP contribution in [0.5, 0.6) is 23.0 Å². The molecule has 0 bridgehead atoms. The molecular formula is C31H32O8. The van der Waals surface area contributed by atoms with Crippen LogP contribution >= 0.6 is 0 Å². The molecule has 0 aliphatic rings. The van der Waals surface area contributed by atoms with Crippen LogP contribution in [-0.4, -0.2) is 39.5 Å². The highest BCUT2D eigenvalue weighted by Gasteiger charge is 2.25. The normalized spacial score (nSPS) is 11.1. The number of carbonyl (C=O) groups is 2. The van der Waals surface area contributed by atoms with Gasteiger partial charge >= 0.3 is 11.9 Å². The van der Waals surface area contributed by atoms with Crippen LogP contribution in [0.15, 0.2) is 85.5 Å². The number of phenolic OH excluding ortho intramolecular Hbond substituents is 3. The highest BCUT2D eigenvalue weighted by atomic mass is 16.5. The van der Waals surface area contributed by atoms with Gasteiger partial charge in [0.05, 0.1) is 7.11 Å². The summed E-state index contributed by atoms with van der Waals surface area (Å²) >= 11 is 0. The third-order valence-electron chi connectivity index (χ3n) is 5.59. The molecule has 0 saturated heterocycles. The van der Waals surface area contributed by atoms with Gasteiger partial charge in [0.15, 0.2) is 23.0 Å². The molecule has 0 aromatic heterocycles. The van der Waals surface area contributed by atoms with Crippen LogP contribution in [0.4, 0.5) is 0 Å².